The largest absolute Gasteiger partial charge is 0.334 e. The van der Waals surface area contributed by atoms with Crippen LogP contribution in [0.4, 0.5) is 10.5 Å². The van der Waals surface area contributed by atoms with Gasteiger partial charge in [0.25, 0.3) is 0 Å². The van der Waals surface area contributed by atoms with Crippen LogP contribution in [0.15, 0.2) is 48.5 Å². The molecule has 0 bridgehead atoms. The van der Waals surface area contributed by atoms with E-state index in [2.05, 4.69) is 40.5 Å². The maximum atomic E-state index is 12.8. The van der Waals surface area contributed by atoms with Crippen molar-refractivity contribution in [2.24, 2.45) is 0 Å². The summed E-state index contributed by atoms with van der Waals surface area (Å²) in [5.41, 5.74) is 3.52. The molecular formula is C22H27Cl2N3O. The highest BCUT2D eigenvalue weighted by atomic mass is 35.5. The maximum absolute atomic E-state index is 12.8. The molecule has 0 saturated carbocycles. The van der Waals surface area contributed by atoms with E-state index in [0.717, 1.165) is 68.1 Å². The summed E-state index contributed by atoms with van der Waals surface area (Å²) in [6.07, 6.45) is 4.11. The fourth-order valence-corrected chi connectivity index (χ4v) is 4.34. The quantitative estimate of drug-likeness (QED) is 0.788. The molecule has 1 unspecified atom stereocenters. The molecule has 4 nitrogen and oxygen atoms in total. The van der Waals surface area contributed by atoms with Crippen LogP contribution in [0.1, 0.15) is 24.0 Å². The molecule has 150 valence electrons. The van der Waals surface area contributed by atoms with Crippen LogP contribution in [0.5, 0.6) is 0 Å². The third-order valence-electron chi connectivity index (χ3n) is 5.57. The third-order valence-corrected chi connectivity index (χ3v) is 5.81. The van der Waals surface area contributed by atoms with Gasteiger partial charge >= 0.3 is 6.03 Å². The van der Waals surface area contributed by atoms with E-state index in [4.69, 9.17) is 11.6 Å². The molecule has 1 fully saturated rings. The average molecular weight is 420 g/mol. The van der Waals surface area contributed by atoms with Crippen molar-refractivity contribution in [3.05, 3.63) is 64.7 Å². The van der Waals surface area contributed by atoms with Gasteiger partial charge in [-0.1, -0.05) is 41.9 Å². The van der Waals surface area contributed by atoms with E-state index in [-0.39, 0.29) is 24.5 Å². The van der Waals surface area contributed by atoms with Crippen LogP contribution in [0.3, 0.4) is 0 Å². The molecular weight excluding hydrogens is 393 g/mol. The molecule has 0 spiro atoms. The zero-order valence-corrected chi connectivity index (χ0v) is 17.5. The Morgan fingerprint density at radius 2 is 1.96 bits per heavy atom. The number of urea groups is 1. The topological polar surface area (TPSA) is 35.6 Å². The van der Waals surface area contributed by atoms with Crippen LogP contribution < -0.4 is 10.2 Å². The molecule has 0 aromatic heterocycles. The third kappa shape index (κ3) is 4.99. The minimum absolute atomic E-state index is 0. The summed E-state index contributed by atoms with van der Waals surface area (Å²) in [5, 5.41) is 3.99. The van der Waals surface area contributed by atoms with Gasteiger partial charge in [0.05, 0.1) is 0 Å². The van der Waals surface area contributed by atoms with Crippen LogP contribution in [-0.2, 0) is 12.8 Å². The normalized spacial score (nSPS) is 19.0. The Balaban J connectivity index is 0.00000225. The molecule has 2 amide bonds. The first-order valence-corrected chi connectivity index (χ1v) is 10.2. The molecule has 0 radical (unpaired) electrons. The number of carbonyl (C=O) groups excluding carboxylic acids is 1. The zero-order chi connectivity index (χ0) is 18.6. The summed E-state index contributed by atoms with van der Waals surface area (Å²) in [6.45, 7) is 3.82. The van der Waals surface area contributed by atoms with Gasteiger partial charge in [0.2, 0.25) is 0 Å². The number of nitrogens with zero attached hydrogens (tertiary/aromatic N) is 2. The molecule has 2 heterocycles. The van der Waals surface area contributed by atoms with Crippen LogP contribution in [0.25, 0.3) is 0 Å². The van der Waals surface area contributed by atoms with Crippen molar-refractivity contribution >= 4 is 35.7 Å². The Kier molecular flexibility index (Phi) is 7.22. The van der Waals surface area contributed by atoms with Crippen LogP contribution >= 0.6 is 24.0 Å². The molecule has 2 aromatic carbocycles. The van der Waals surface area contributed by atoms with Crippen molar-refractivity contribution in [2.75, 3.05) is 31.1 Å². The fourth-order valence-electron chi connectivity index (χ4n) is 4.14. The molecule has 6 heteroatoms. The van der Waals surface area contributed by atoms with E-state index in [1.165, 1.54) is 5.56 Å². The van der Waals surface area contributed by atoms with Crippen molar-refractivity contribution in [3.63, 3.8) is 0 Å². The summed E-state index contributed by atoms with van der Waals surface area (Å²) >= 11 is 6.07. The van der Waals surface area contributed by atoms with Gasteiger partial charge < -0.3 is 10.2 Å². The predicted molar refractivity (Wildman–Crippen MR) is 118 cm³/mol. The molecule has 2 aromatic rings. The van der Waals surface area contributed by atoms with Gasteiger partial charge in [-0.15, -0.1) is 12.4 Å². The highest BCUT2D eigenvalue weighted by molar-refractivity contribution is 6.30. The highest BCUT2D eigenvalue weighted by Crippen LogP contribution is 2.30. The number of anilines is 1. The van der Waals surface area contributed by atoms with E-state index >= 15 is 0 Å². The molecule has 28 heavy (non-hydrogen) atoms. The number of nitrogens with one attached hydrogen (secondary N) is 1. The van der Waals surface area contributed by atoms with Gasteiger partial charge in [0, 0.05) is 36.4 Å². The number of halogens is 2. The first kappa shape index (κ1) is 21.0. The molecule has 2 aliphatic rings. The Labute approximate surface area is 178 Å². The molecule has 1 N–H and O–H groups in total. The molecule has 1 atom stereocenters. The van der Waals surface area contributed by atoms with Crippen molar-refractivity contribution < 1.29 is 4.79 Å². The lowest BCUT2D eigenvalue weighted by Crippen LogP contribution is -2.51. The standard InChI is InChI=1S/C22H26ClN3O.ClH/c23-19-8-9-21-18(15-19)11-14-26(21)22(27)24-20-7-4-12-25(16-20)13-10-17-5-2-1-3-6-17;/h1-3,5-6,8-9,15,20H,4,7,10-14,16H2,(H,24,27);1H. The number of hydrogen-bond donors (Lipinski definition) is 1. The van der Waals surface area contributed by atoms with Crippen molar-refractivity contribution in [1.29, 1.82) is 0 Å². The summed E-state index contributed by atoms with van der Waals surface area (Å²) in [7, 11) is 0. The van der Waals surface area contributed by atoms with Crippen molar-refractivity contribution in [2.45, 2.75) is 31.7 Å². The van der Waals surface area contributed by atoms with E-state index < -0.39 is 0 Å². The van der Waals surface area contributed by atoms with Gasteiger partial charge in [-0.2, -0.15) is 0 Å². The number of amides is 2. The lowest BCUT2D eigenvalue weighted by Gasteiger charge is -2.34. The van der Waals surface area contributed by atoms with E-state index in [1.54, 1.807) is 0 Å². The summed E-state index contributed by atoms with van der Waals surface area (Å²) < 4.78 is 0. The van der Waals surface area contributed by atoms with Crippen molar-refractivity contribution in [3.8, 4) is 0 Å². The second-order valence-electron chi connectivity index (χ2n) is 7.50. The second kappa shape index (κ2) is 9.64. The number of rotatable bonds is 4. The van der Waals surface area contributed by atoms with Crippen LogP contribution in [-0.4, -0.2) is 43.2 Å². The van der Waals surface area contributed by atoms with E-state index in [0.29, 0.717) is 0 Å². The lowest BCUT2D eigenvalue weighted by molar-refractivity contribution is 0.189. The van der Waals surface area contributed by atoms with E-state index in [9.17, 15) is 4.79 Å². The van der Waals surface area contributed by atoms with E-state index in [1.807, 2.05) is 23.1 Å². The lowest BCUT2D eigenvalue weighted by atomic mass is 10.0. The predicted octanol–water partition coefficient (Wildman–Crippen LogP) is 4.54. The van der Waals surface area contributed by atoms with Gasteiger partial charge in [0.1, 0.15) is 0 Å². The minimum Gasteiger partial charge on any atom is -0.334 e. The Bertz CT molecular complexity index is 800. The summed E-state index contributed by atoms with van der Waals surface area (Å²) in [5.74, 6) is 0. The van der Waals surface area contributed by atoms with Gasteiger partial charge in [-0.3, -0.25) is 4.90 Å². The molecule has 0 aliphatic carbocycles. The highest BCUT2D eigenvalue weighted by Gasteiger charge is 2.28. The minimum atomic E-state index is 0. The first-order valence-electron chi connectivity index (χ1n) is 9.82. The first-order chi connectivity index (χ1) is 13.2. The second-order valence-corrected chi connectivity index (χ2v) is 7.94. The monoisotopic (exact) mass is 419 g/mol. The number of hydrogen-bond acceptors (Lipinski definition) is 2. The summed E-state index contributed by atoms with van der Waals surface area (Å²) in [4.78, 5) is 17.1. The Morgan fingerprint density at radius 1 is 1.14 bits per heavy atom. The number of benzene rings is 2. The molecule has 4 rings (SSSR count). The average Bonchev–Trinajstić information content (AvgIpc) is 3.10. The summed E-state index contributed by atoms with van der Waals surface area (Å²) in [6, 6.07) is 16.6. The van der Waals surface area contributed by atoms with Crippen molar-refractivity contribution in [1.82, 2.24) is 10.2 Å². The fraction of sp³-hybridized carbons (Fsp3) is 0.409. The number of carbonyl (C=O) groups is 1. The molecule has 1 saturated heterocycles. The van der Waals surface area contributed by atoms with Gasteiger partial charge in [-0.05, 0) is 61.6 Å². The van der Waals surface area contributed by atoms with Gasteiger partial charge in [-0.25, -0.2) is 4.79 Å². The zero-order valence-electron chi connectivity index (χ0n) is 15.9. The Hall–Kier alpha value is -1.75. The Morgan fingerprint density at radius 3 is 2.79 bits per heavy atom. The number of piperidine rings is 1. The van der Waals surface area contributed by atoms with Crippen LogP contribution in [0, 0.1) is 0 Å². The number of likely N-dealkylation sites (tertiary alicyclic amines) is 1. The maximum Gasteiger partial charge on any atom is 0.322 e. The van der Waals surface area contributed by atoms with Crippen LogP contribution in [0.2, 0.25) is 5.02 Å². The van der Waals surface area contributed by atoms with Gasteiger partial charge in [0.15, 0.2) is 0 Å². The molecule has 2 aliphatic heterocycles. The smallest absolute Gasteiger partial charge is 0.322 e. The SMILES string of the molecule is Cl.O=C(NC1CCCN(CCc2ccccc2)C1)N1CCc2cc(Cl)ccc21. The number of fused-ring (bicyclic) bond motifs is 1.